The number of nitrogens with zero attached hydrogens (tertiary/aromatic N) is 2. The first-order chi connectivity index (χ1) is 18.8. The highest BCUT2D eigenvalue weighted by Gasteiger charge is 2.12. The van der Waals surface area contributed by atoms with Gasteiger partial charge in [-0.05, 0) is 84.9 Å². The monoisotopic (exact) mass is 558 g/mol. The summed E-state index contributed by atoms with van der Waals surface area (Å²) in [6, 6.07) is 22.1. The lowest BCUT2D eigenvalue weighted by Gasteiger charge is -2.10. The minimum absolute atomic E-state index is 0.287. The Morgan fingerprint density at radius 3 is 1.31 bits per heavy atom. The zero-order valence-electron chi connectivity index (χ0n) is 19.8. The first-order valence-corrected chi connectivity index (χ1v) is 12.3. The lowest BCUT2D eigenvalue weighted by atomic mass is 10.2. The number of aromatic amines is 2. The van der Waals surface area contributed by atoms with Gasteiger partial charge in [-0.25, -0.2) is 18.7 Å². The molecule has 192 valence electrons. The number of nitrogens with one attached hydrogen (secondary N) is 2. The summed E-state index contributed by atoms with van der Waals surface area (Å²) in [6.07, 6.45) is 0. The van der Waals surface area contributed by atoms with Crippen LogP contribution in [-0.4, -0.2) is 19.1 Å². The molecule has 0 saturated carbocycles. The van der Waals surface area contributed by atoms with Crippen LogP contribution < -0.4 is 27.2 Å². The number of halogens is 2. The van der Waals surface area contributed by atoms with Crippen molar-refractivity contribution in [3.63, 3.8) is 0 Å². The van der Waals surface area contributed by atoms with E-state index in [2.05, 4.69) is 9.97 Å². The summed E-state index contributed by atoms with van der Waals surface area (Å²) in [5.41, 5.74) is -0.679. The molecule has 0 spiro atoms. The Balaban J connectivity index is 1.28. The number of hydrogen-bond acceptors (Lipinski definition) is 5. The molecule has 0 atom stereocenters. The lowest BCUT2D eigenvalue weighted by molar-refractivity contribution is 0.482. The standard InChI is InChI=1S/C28H16Cl2N4O5/c29-15-1-11-23-21(13-15)25(35)33(27(37)31-23)17-3-7-19(8-4-17)39-20-9-5-18(6-10-20)34-26(36)22-14-16(30)2-12-24(22)32-28(34)38/h1-14H,(H,31,37)(H,32,38). The minimum atomic E-state index is -0.583. The Morgan fingerprint density at radius 1 is 0.538 bits per heavy atom. The van der Waals surface area contributed by atoms with Gasteiger partial charge in [-0.3, -0.25) is 9.59 Å². The Morgan fingerprint density at radius 2 is 0.923 bits per heavy atom. The van der Waals surface area contributed by atoms with Gasteiger partial charge < -0.3 is 14.7 Å². The molecule has 2 N–H and O–H groups in total. The van der Waals surface area contributed by atoms with Gasteiger partial charge in [-0.2, -0.15) is 0 Å². The van der Waals surface area contributed by atoms with Crippen LogP contribution in [0.25, 0.3) is 33.2 Å². The Bertz CT molecular complexity index is 1990. The van der Waals surface area contributed by atoms with Crippen molar-refractivity contribution < 1.29 is 4.74 Å². The van der Waals surface area contributed by atoms with Crippen molar-refractivity contribution in [2.75, 3.05) is 0 Å². The van der Waals surface area contributed by atoms with Crippen LogP contribution in [-0.2, 0) is 0 Å². The molecule has 0 saturated heterocycles. The highest BCUT2D eigenvalue weighted by molar-refractivity contribution is 6.31. The first-order valence-electron chi connectivity index (χ1n) is 11.6. The van der Waals surface area contributed by atoms with Gasteiger partial charge in [-0.15, -0.1) is 0 Å². The van der Waals surface area contributed by atoms with Gasteiger partial charge in [0.1, 0.15) is 11.5 Å². The van der Waals surface area contributed by atoms with Gasteiger partial charge in [0.15, 0.2) is 0 Å². The molecule has 0 aliphatic rings. The van der Waals surface area contributed by atoms with Gasteiger partial charge in [-0.1, -0.05) is 23.2 Å². The maximum Gasteiger partial charge on any atom is 0.333 e. The Hall–Kier alpha value is -4.86. The van der Waals surface area contributed by atoms with E-state index in [0.717, 1.165) is 9.13 Å². The molecule has 0 amide bonds. The number of hydrogen-bond donors (Lipinski definition) is 2. The quantitative estimate of drug-likeness (QED) is 0.323. The molecule has 2 aromatic heterocycles. The summed E-state index contributed by atoms with van der Waals surface area (Å²) in [4.78, 5) is 56.5. The summed E-state index contributed by atoms with van der Waals surface area (Å²) in [5.74, 6) is 0.880. The fourth-order valence-corrected chi connectivity index (χ4v) is 4.65. The number of H-pyrrole nitrogens is 2. The maximum atomic E-state index is 13.0. The molecule has 6 aromatic rings. The van der Waals surface area contributed by atoms with Gasteiger partial charge in [0.2, 0.25) is 0 Å². The van der Waals surface area contributed by atoms with E-state index < -0.39 is 22.5 Å². The fourth-order valence-electron chi connectivity index (χ4n) is 4.30. The molecule has 0 bridgehead atoms. The second kappa shape index (κ2) is 9.46. The summed E-state index contributed by atoms with van der Waals surface area (Å²) >= 11 is 12.0. The van der Waals surface area contributed by atoms with Crippen LogP contribution >= 0.6 is 23.2 Å². The highest BCUT2D eigenvalue weighted by atomic mass is 35.5. The van der Waals surface area contributed by atoms with E-state index in [9.17, 15) is 19.2 Å². The molecule has 4 aromatic carbocycles. The van der Waals surface area contributed by atoms with E-state index >= 15 is 0 Å². The molecular formula is C28H16Cl2N4O5. The van der Waals surface area contributed by atoms with Crippen LogP contribution in [0, 0.1) is 0 Å². The second-order valence-electron chi connectivity index (χ2n) is 8.61. The number of fused-ring (bicyclic) bond motifs is 2. The third-order valence-corrected chi connectivity index (χ3v) is 6.62. The average molecular weight is 559 g/mol. The predicted octanol–water partition coefficient (Wildman–Crippen LogP) is 4.77. The molecule has 0 radical (unpaired) electrons. The van der Waals surface area contributed by atoms with Crippen LogP contribution in [0.15, 0.2) is 104 Å². The molecule has 0 fully saturated rings. The molecule has 6 rings (SSSR count). The number of rotatable bonds is 4. The number of ether oxygens (including phenoxy) is 1. The third kappa shape index (κ3) is 4.43. The van der Waals surface area contributed by atoms with Crippen molar-refractivity contribution in [3.8, 4) is 22.9 Å². The van der Waals surface area contributed by atoms with Crippen molar-refractivity contribution in [1.82, 2.24) is 19.1 Å². The molecule has 0 aliphatic carbocycles. The lowest BCUT2D eigenvalue weighted by Crippen LogP contribution is -2.33. The SMILES string of the molecule is O=c1[nH]c2ccc(Cl)cc2c(=O)n1-c1ccc(Oc2ccc(-n3c(=O)[nH]c4ccc(Cl)cc4c3=O)cc2)cc1. The molecule has 0 aliphatic heterocycles. The van der Waals surface area contributed by atoms with E-state index in [1.807, 2.05) is 0 Å². The minimum Gasteiger partial charge on any atom is -0.457 e. The molecule has 11 heteroatoms. The fraction of sp³-hybridized carbons (Fsp3) is 0. The predicted molar refractivity (Wildman–Crippen MR) is 150 cm³/mol. The van der Waals surface area contributed by atoms with Crippen molar-refractivity contribution in [3.05, 3.63) is 137 Å². The molecule has 9 nitrogen and oxygen atoms in total. The summed E-state index contributed by atoms with van der Waals surface area (Å²) in [7, 11) is 0. The summed E-state index contributed by atoms with van der Waals surface area (Å²) in [5, 5.41) is 1.34. The van der Waals surface area contributed by atoms with Crippen LogP contribution in [0.2, 0.25) is 10.0 Å². The van der Waals surface area contributed by atoms with E-state index in [4.69, 9.17) is 27.9 Å². The number of aromatic nitrogens is 4. The van der Waals surface area contributed by atoms with Crippen LogP contribution in [0.5, 0.6) is 11.5 Å². The topological polar surface area (TPSA) is 119 Å². The first kappa shape index (κ1) is 24.5. The van der Waals surface area contributed by atoms with E-state index in [1.54, 1.807) is 72.8 Å². The summed E-state index contributed by atoms with van der Waals surface area (Å²) in [6.45, 7) is 0. The molecule has 39 heavy (non-hydrogen) atoms. The maximum absolute atomic E-state index is 13.0. The van der Waals surface area contributed by atoms with Gasteiger partial charge in [0.25, 0.3) is 11.1 Å². The Labute approximate surface area is 228 Å². The normalized spacial score (nSPS) is 11.2. The average Bonchev–Trinajstić information content (AvgIpc) is 2.92. The van der Waals surface area contributed by atoms with Crippen molar-refractivity contribution >= 4 is 45.0 Å². The summed E-state index contributed by atoms with van der Waals surface area (Å²) < 4.78 is 7.91. The highest BCUT2D eigenvalue weighted by Crippen LogP contribution is 2.24. The van der Waals surface area contributed by atoms with E-state index in [1.165, 1.54) is 12.1 Å². The molecule has 0 unspecified atom stereocenters. The van der Waals surface area contributed by atoms with Crippen LogP contribution in [0.1, 0.15) is 0 Å². The van der Waals surface area contributed by atoms with Gasteiger partial charge >= 0.3 is 11.4 Å². The zero-order valence-corrected chi connectivity index (χ0v) is 21.3. The second-order valence-corrected chi connectivity index (χ2v) is 9.48. The molecule has 2 heterocycles. The van der Waals surface area contributed by atoms with Crippen LogP contribution in [0.3, 0.4) is 0 Å². The van der Waals surface area contributed by atoms with Gasteiger partial charge in [0.05, 0.1) is 33.2 Å². The number of benzene rings is 4. The van der Waals surface area contributed by atoms with Crippen molar-refractivity contribution in [2.24, 2.45) is 0 Å². The van der Waals surface area contributed by atoms with E-state index in [0.29, 0.717) is 44.0 Å². The van der Waals surface area contributed by atoms with E-state index in [-0.39, 0.29) is 10.8 Å². The zero-order chi connectivity index (χ0) is 27.3. The van der Waals surface area contributed by atoms with Crippen molar-refractivity contribution in [2.45, 2.75) is 0 Å². The largest absolute Gasteiger partial charge is 0.457 e. The third-order valence-electron chi connectivity index (χ3n) is 6.15. The smallest absolute Gasteiger partial charge is 0.333 e. The van der Waals surface area contributed by atoms with Crippen molar-refractivity contribution in [1.29, 1.82) is 0 Å². The Kier molecular flexibility index (Phi) is 5.94. The van der Waals surface area contributed by atoms with Crippen LogP contribution in [0.4, 0.5) is 0 Å². The van der Waals surface area contributed by atoms with Gasteiger partial charge in [0, 0.05) is 10.0 Å². The molecular weight excluding hydrogens is 543 g/mol.